The van der Waals surface area contributed by atoms with Crippen LogP contribution in [0.4, 0.5) is 42.4 Å². The van der Waals surface area contributed by atoms with E-state index in [-0.39, 0.29) is 30.6 Å². The summed E-state index contributed by atoms with van der Waals surface area (Å²) >= 11 is 0. The first-order chi connectivity index (χ1) is 17.1. The highest BCUT2D eigenvalue weighted by Gasteiger charge is 2.38. The van der Waals surface area contributed by atoms with Gasteiger partial charge in [-0.15, -0.1) is 5.10 Å². The number of nitrogens with zero attached hydrogens (tertiary/aromatic N) is 5. The maximum atomic E-state index is 13.5. The first-order valence-electron chi connectivity index (χ1n) is 10.3. The molecule has 3 aromatic heterocycles. The lowest BCUT2D eigenvalue weighted by Crippen LogP contribution is -2.44. The van der Waals surface area contributed by atoms with Crippen LogP contribution in [0, 0.1) is 0 Å². The van der Waals surface area contributed by atoms with Gasteiger partial charge in [0.2, 0.25) is 5.95 Å². The number of carboxylic acids is 1. The predicted octanol–water partition coefficient (Wildman–Crippen LogP) is 2.48. The van der Waals surface area contributed by atoms with Gasteiger partial charge in [-0.1, -0.05) is 0 Å². The zero-order valence-corrected chi connectivity index (χ0v) is 18.7. The topological polar surface area (TPSA) is 138 Å². The lowest BCUT2D eigenvalue weighted by molar-refractivity contribution is -0.192. The third kappa shape index (κ3) is 7.05. The van der Waals surface area contributed by atoms with Gasteiger partial charge in [-0.05, 0) is 12.1 Å². The largest absolute Gasteiger partial charge is 0.490 e. The Bertz CT molecular complexity index is 1270. The van der Waals surface area contributed by atoms with Gasteiger partial charge in [-0.25, -0.2) is 18.7 Å². The second-order valence-corrected chi connectivity index (χ2v) is 7.79. The maximum Gasteiger partial charge on any atom is 0.490 e. The number of aryl methyl sites for hydroxylation is 1. The molecule has 0 bridgehead atoms. The fourth-order valence-corrected chi connectivity index (χ4v) is 3.30. The van der Waals surface area contributed by atoms with Crippen LogP contribution < -0.4 is 16.0 Å². The lowest BCUT2D eigenvalue weighted by atomic mass is 10.1. The Hall–Kier alpha value is -3.96. The highest BCUT2D eigenvalue weighted by Crippen LogP contribution is 2.33. The summed E-state index contributed by atoms with van der Waals surface area (Å²) in [5.41, 5.74) is -1.17. The van der Waals surface area contributed by atoms with E-state index >= 15 is 0 Å². The second kappa shape index (κ2) is 10.6. The van der Waals surface area contributed by atoms with E-state index in [1.165, 1.54) is 23.8 Å². The van der Waals surface area contributed by atoms with Crippen LogP contribution in [-0.4, -0.2) is 72.8 Å². The molecule has 1 aliphatic heterocycles. The zero-order chi connectivity index (χ0) is 27.5. The Morgan fingerprint density at radius 2 is 1.81 bits per heavy atom. The molecule has 0 radical (unpaired) electrons. The van der Waals surface area contributed by atoms with Crippen molar-refractivity contribution in [3.05, 3.63) is 35.9 Å². The molecule has 202 valence electrons. The van der Waals surface area contributed by atoms with Crippen LogP contribution in [0.3, 0.4) is 0 Å². The number of amides is 1. The van der Waals surface area contributed by atoms with E-state index in [9.17, 15) is 35.5 Å². The van der Waals surface area contributed by atoms with E-state index < -0.39 is 41.8 Å². The molecule has 0 aromatic carbocycles. The SMILES string of the molecule is Cn1cc(NC(=O)c2ccc3cnc(N[C@@H]4CNC[C@@H](F)C4)nn23)c(C(F)(F)F)n1.O=C(O)C(F)(F)F. The first kappa shape index (κ1) is 27.6. The number of aliphatic carboxylic acids is 1. The van der Waals surface area contributed by atoms with E-state index in [0.717, 1.165) is 10.9 Å². The summed E-state index contributed by atoms with van der Waals surface area (Å²) in [6.07, 6.45) is -7.97. The van der Waals surface area contributed by atoms with E-state index in [1.807, 2.05) is 0 Å². The molecular formula is C19H19F7N8O3. The van der Waals surface area contributed by atoms with Crippen LogP contribution in [-0.2, 0) is 18.0 Å². The zero-order valence-electron chi connectivity index (χ0n) is 18.7. The number of hydrogen-bond acceptors (Lipinski definition) is 7. The molecule has 0 saturated carbocycles. The molecule has 0 aliphatic carbocycles. The van der Waals surface area contributed by atoms with Gasteiger partial charge in [-0.3, -0.25) is 9.48 Å². The van der Waals surface area contributed by atoms with Crippen molar-refractivity contribution in [3.8, 4) is 0 Å². The van der Waals surface area contributed by atoms with Crippen LogP contribution in [0.1, 0.15) is 22.6 Å². The van der Waals surface area contributed by atoms with E-state index in [4.69, 9.17) is 9.90 Å². The summed E-state index contributed by atoms with van der Waals surface area (Å²) in [5, 5.41) is 22.9. The summed E-state index contributed by atoms with van der Waals surface area (Å²) in [6, 6.07) is 2.75. The molecule has 1 amide bonds. The minimum Gasteiger partial charge on any atom is -0.475 e. The third-order valence-corrected chi connectivity index (χ3v) is 4.85. The fraction of sp³-hybridized carbons (Fsp3) is 0.421. The summed E-state index contributed by atoms with van der Waals surface area (Å²) in [7, 11) is 1.32. The Kier molecular flexibility index (Phi) is 7.89. The van der Waals surface area contributed by atoms with Crippen molar-refractivity contribution in [2.75, 3.05) is 23.7 Å². The third-order valence-electron chi connectivity index (χ3n) is 4.85. The van der Waals surface area contributed by atoms with Gasteiger partial charge >= 0.3 is 18.3 Å². The van der Waals surface area contributed by atoms with Crippen molar-refractivity contribution in [3.63, 3.8) is 0 Å². The Balaban J connectivity index is 0.000000479. The van der Waals surface area contributed by atoms with Crippen molar-refractivity contribution in [1.29, 1.82) is 0 Å². The minimum absolute atomic E-state index is 0.0116. The number of aromatic nitrogens is 5. The van der Waals surface area contributed by atoms with Crippen molar-refractivity contribution >= 4 is 29.0 Å². The molecule has 1 aliphatic rings. The standard InChI is InChI=1S/C17H18F4N8O.C2HF3O2/c1-28-8-12(14(26-28)17(19,20)21)25-15(30)13-3-2-11-7-23-16(27-29(11)13)24-10-4-9(18)5-22-6-10;3-2(4,5)1(6)7/h2-3,7-10,22H,4-6H2,1H3,(H,24,27)(H,25,30);(H,6,7)/t9-,10-;/m0./s1. The fourth-order valence-electron chi connectivity index (χ4n) is 3.30. The number of hydrogen-bond donors (Lipinski definition) is 4. The van der Waals surface area contributed by atoms with Crippen LogP contribution in [0.25, 0.3) is 5.52 Å². The number of rotatable bonds is 4. The van der Waals surface area contributed by atoms with E-state index in [2.05, 4.69) is 31.1 Å². The number of piperidine rings is 1. The van der Waals surface area contributed by atoms with Gasteiger partial charge in [0, 0.05) is 38.8 Å². The van der Waals surface area contributed by atoms with E-state index in [1.54, 1.807) is 6.07 Å². The van der Waals surface area contributed by atoms with E-state index in [0.29, 0.717) is 12.1 Å². The number of carboxylic acid groups (broad SMARTS) is 1. The second-order valence-electron chi connectivity index (χ2n) is 7.79. The molecule has 4 rings (SSSR count). The number of nitrogens with one attached hydrogen (secondary N) is 3. The molecule has 37 heavy (non-hydrogen) atoms. The van der Waals surface area contributed by atoms with Crippen molar-refractivity contribution in [2.24, 2.45) is 7.05 Å². The Morgan fingerprint density at radius 1 is 1.14 bits per heavy atom. The molecule has 18 heteroatoms. The predicted molar refractivity (Wildman–Crippen MR) is 113 cm³/mol. The summed E-state index contributed by atoms with van der Waals surface area (Å²) in [6.45, 7) is 0.816. The normalized spacial score (nSPS) is 18.2. The molecule has 1 fully saturated rings. The summed E-state index contributed by atoms with van der Waals surface area (Å²) in [5.74, 6) is -3.38. The van der Waals surface area contributed by atoms with Crippen LogP contribution in [0.2, 0.25) is 0 Å². The highest BCUT2D eigenvalue weighted by atomic mass is 19.4. The molecule has 3 aromatic rings. The number of halogens is 7. The number of anilines is 2. The first-order valence-corrected chi connectivity index (χ1v) is 10.3. The summed E-state index contributed by atoms with van der Waals surface area (Å²) < 4.78 is 86.9. The minimum atomic E-state index is -5.08. The molecule has 2 atom stereocenters. The maximum absolute atomic E-state index is 13.5. The van der Waals surface area contributed by atoms with Crippen LogP contribution in [0.5, 0.6) is 0 Å². The van der Waals surface area contributed by atoms with Crippen molar-refractivity contribution in [1.82, 2.24) is 29.7 Å². The van der Waals surface area contributed by atoms with Gasteiger partial charge in [0.15, 0.2) is 5.69 Å². The van der Waals surface area contributed by atoms with Crippen molar-refractivity contribution < 1.29 is 45.4 Å². The molecule has 4 heterocycles. The molecule has 1 saturated heterocycles. The molecule has 0 spiro atoms. The monoisotopic (exact) mass is 540 g/mol. The number of carbonyl (C=O) groups excluding carboxylic acids is 1. The average molecular weight is 540 g/mol. The van der Waals surface area contributed by atoms with Gasteiger partial charge in [-0.2, -0.15) is 31.4 Å². The Morgan fingerprint density at radius 3 is 2.41 bits per heavy atom. The lowest BCUT2D eigenvalue weighted by Gasteiger charge is -2.26. The average Bonchev–Trinajstić information content (AvgIpc) is 3.36. The molecular weight excluding hydrogens is 521 g/mol. The molecule has 0 unspecified atom stereocenters. The van der Waals surface area contributed by atoms with Gasteiger partial charge < -0.3 is 21.1 Å². The van der Waals surface area contributed by atoms with Gasteiger partial charge in [0.1, 0.15) is 11.9 Å². The quantitative estimate of drug-likeness (QED) is 0.371. The molecule has 4 N–H and O–H groups in total. The smallest absolute Gasteiger partial charge is 0.475 e. The van der Waals surface area contributed by atoms with Crippen molar-refractivity contribution in [2.45, 2.75) is 31.0 Å². The van der Waals surface area contributed by atoms with Gasteiger partial charge in [0.25, 0.3) is 5.91 Å². The Labute approximate surface area is 202 Å². The summed E-state index contributed by atoms with van der Waals surface area (Å²) in [4.78, 5) is 25.7. The van der Waals surface area contributed by atoms with Crippen LogP contribution in [0.15, 0.2) is 24.5 Å². The number of fused-ring (bicyclic) bond motifs is 1. The number of carbonyl (C=O) groups is 2. The van der Waals surface area contributed by atoms with Crippen LogP contribution >= 0.6 is 0 Å². The van der Waals surface area contributed by atoms with Gasteiger partial charge in [0.05, 0.1) is 17.4 Å². The number of alkyl halides is 7. The molecule has 11 nitrogen and oxygen atoms in total. The highest BCUT2D eigenvalue weighted by molar-refractivity contribution is 6.04.